The maximum Gasteiger partial charge on any atom is 0.0594 e. The van der Waals surface area contributed by atoms with Crippen LogP contribution in [-0.4, -0.2) is 61.8 Å². The molecule has 116 valence electrons. The molecular formula is C18H28N2O. The van der Waals surface area contributed by atoms with E-state index in [0.29, 0.717) is 0 Å². The lowest BCUT2D eigenvalue weighted by atomic mass is 10.0. The van der Waals surface area contributed by atoms with E-state index in [0.717, 1.165) is 32.3 Å². The minimum Gasteiger partial charge on any atom is -0.379 e. The van der Waals surface area contributed by atoms with Gasteiger partial charge in [0.25, 0.3) is 0 Å². The van der Waals surface area contributed by atoms with Crippen molar-refractivity contribution in [3.63, 3.8) is 0 Å². The Kier molecular flexibility index (Phi) is 5.28. The van der Waals surface area contributed by atoms with Crippen LogP contribution in [0.5, 0.6) is 0 Å². The lowest BCUT2D eigenvalue weighted by Gasteiger charge is -2.40. The fourth-order valence-corrected chi connectivity index (χ4v) is 3.61. The van der Waals surface area contributed by atoms with Crippen molar-refractivity contribution in [3.8, 4) is 0 Å². The molecule has 1 aromatic rings. The summed E-state index contributed by atoms with van der Waals surface area (Å²) in [5.41, 5.74) is 2.85. The van der Waals surface area contributed by atoms with Crippen LogP contribution >= 0.6 is 0 Å². The predicted molar refractivity (Wildman–Crippen MR) is 86.7 cm³/mol. The van der Waals surface area contributed by atoms with Crippen LogP contribution in [0.25, 0.3) is 0 Å². The van der Waals surface area contributed by atoms with E-state index >= 15 is 0 Å². The topological polar surface area (TPSA) is 15.7 Å². The number of benzene rings is 1. The zero-order valence-corrected chi connectivity index (χ0v) is 13.3. The van der Waals surface area contributed by atoms with Gasteiger partial charge in [-0.1, -0.05) is 29.8 Å². The average Bonchev–Trinajstić information content (AvgIpc) is 2.54. The third-order valence-corrected chi connectivity index (χ3v) is 4.92. The van der Waals surface area contributed by atoms with Crippen molar-refractivity contribution < 1.29 is 4.74 Å². The SMILES string of the molecule is Cc1cccc(CCN2CCC(N3CCOCC3)CC2)c1. The van der Waals surface area contributed by atoms with E-state index in [1.807, 2.05) is 0 Å². The Hall–Kier alpha value is -0.900. The molecule has 2 saturated heterocycles. The minimum atomic E-state index is 0.795. The largest absolute Gasteiger partial charge is 0.379 e. The van der Waals surface area contributed by atoms with Crippen LogP contribution < -0.4 is 0 Å². The Morgan fingerprint density at radius 1 is 1.10 bits per heavy atom. The van der Waals surface area contributed by atoms with Crippen molar-refractivity contribution in [1.29, 1.82) is 0 Å². The first-order valence-corrected chi connectivity index (χ1v) is 8.41. The summed E-state index contributed by atoms with van der Waals surface area (Å²) in [6.45, 7) is 10.0. The molecule has 0 aliphatic carbocycles. The molecule has 3 nitrogen and oxygen atoms in total. The number of aryl methyl sites for hydroxylation is 1. The monoisotopic (exact) mass is 288 g/mol. The van der Waals surface area contributed by atoms with Crippen molar-refractivity contribution in [2.45, 2.75) is 32.2 Å². The van der Waals surface area contributed by atoms with E-state index < -0.39 is 0 Å². The second-order valence-corrected chi connectivity index (χ2v) is 6.46. The number of nitrogens with zero attached hydrogens (tertiary/aromatic N) is 2. The lowest BCUT2D eigenvalue weighted by Crippen LogP contribution is -2.49. The molecule has 0 N–H and O–H groups in total. The van der Waals surface area contributed by atoms with Gasteiger partial charge < -0.3 is 9.64 Å². The number of likely N-dealkylation sites (tertiary alicyclic amines) is 1. The highest BCUT2D eigenvalue weighted by Gasteiger charge is 2.25. The molecule has 0 radical (unpaired) electrons. The first-order chi connectivity index (χ1) is 10.3. The summed E-state index contributed by atoms with van der Waals surface area (Å²) in [6, 6.07) is 9.73. The van der Waals surface area contributed by atoms with Crippen molar-refractivity contribution >= 4 is 0 Å². The Bertz CT molecular complexity index is 435. The Labute approximate surface area is 128 Å². The zero-order chi connectivity index (χ0) is 14.5. The summed E-state index contributed by atoms with van der Waals surface area (Å²) in [5.74, 6) is 0. The number of piperidine rings is 1. The molecule has 21 heavy (non-hydrogen) atoms. The fraction of sp³-hybridized carbons (Fsp3) is 0.667. The van der Waals surface area contributed by atoms with Gasteiger partial charge in [-0.05, 0) is 44.8 Å². The second-order valence-electron chi connectivity index (χ2n) is 6.46. The van der Waals surface area contributed by atoms with Crippen LogP contribution in [0.2, 0.25) is 0 Å². The van der Waals surface area contributed by atoms with Crippen LogP contribution in [0.4, 0.5) is 0 Å². The van der Waals surface area contributed by atoms with Gasteiger partial charge in [-0.3, -0.25) is 4.90 Å². The number of morpholine rings is 1. The van der Waals surface area contributed by atoms with Gasteiger partial charge in [0.2, 0.25) is 0 Å². The van der Waals surface area contributed by atoms with Gasteiger partial charge in [0.1, 0.15) is 0 Å². The lowest BCUT2D eigenvalue weighted by molar-refractivity contribution is 0.00101. The molecule has 0 bridgehead atoms. The molecule has 0 saturated carbocycles. The van der Waals surface area contributed by atoms with Gasteiger partial charge in [-0.2, -0.15) is 0 Å². The zero-order valence-electron chi connectivity index (χ0n) is 13.3. The summed E-state index contributed by atoms with van der Waals surface area (Å²) in [7, 11) is 0. The van der Waals surface area contributed by atoms with Crippen molar-refractivity contribution in [2.24, 2.45) is 0 Å². The highest BCUT2D eigenvalue weighted by atomic mass is 16.5. The van der Waals surface area contributed by atoms with Crippen molar-refractivity contribution in [2.75, 3.05) is 45.9 Å². The number of rotatable bonds is 4. The van der Waals surface area contributed by atoms with Crippen LogP contribution in [0.15, 0.2) is 24.3 Å². The first kappa shape index (κ1) is 15.0. The van der Waals surface area contributed by atoms with Crippen LogP contribution in [-0.2, 0) is 11.2 Å². The van der Waals surface area contributed by atoms with Gasteiger partial charge in [0, 0.05) is 25.7 Å². The van der Waals surface area contributed by atoms with Gasteiger partial charge in [0.05, 0.1) is 13.2 Å². The third kappa shape index (κ3) is 4.29. The smallest absolute Gasteiger partial charge is 0.0594 e. The summed E-state index contributed by atoms with van der Waals surface area (Å²) < 4.78 is 5.46. The Morgan fingerprint density at radius 2 is 1.86 bits per heavy atom. The van der Waals surface area contributed by atoms with Crippen LogP contribution in [0.1, 0.15) is 24.0 Å². The quantitative estimate of drug-likeness (QED) is 0.846. The van der Waals surface area contributed by atoms with Gasteiger partial charge in [-0.15, -0.1) is 0 Å². The standard InChI is InChI=1S/C18H28N2O/c1-16-3-2-4-17(15-16)5-8-19-9-6-18(7-10-19)20-11-13-21-14-12-20/h2-4,15,18H,5-14H2,1H3. The average molecular weight is 288 g/mol. The molecule has 2 aliphatic heterocycles. The highest BCUT2D eigenvalue weighted by molar-refractivity contribution is 5.22. The van der Waals surface area contributed by atoms with Gasteiger partial charge >= 0.3 is 0 Å². The predicted octanol–water partition coefficient (Wildman–Crippen LogP) is 2.33. The third-order valence-electron chi connectivity index (χ3n) is 4.92. The van der Waals surface area contributed by atoms with Crippen LogP contribution in [0, 0.1) is 6.92 Å². The van der Waals surface area contributed by atoms with Crippen LogP contribution in [0.3, 0.4) is 0 Å². The summed E-state index contributed by atoms with van der Waals surface area (Å²) >= 11 is 0. The molecule has 3 rings (SSSR count). The van der Waals surface area contributed by atoms with Crippen molar-refractivity contribution in [3.05, 3.63) is 35.4 Å². The first-order valence-electron chi connectivity index (χ1n) is 8.41. The number of hydrogen-bond acceptors (Lipinski definition) is 3. The maximum absolute atomic E-state index is 5.46. The highest BCUT2D eigenvalue weighted by Crippen LogP contribution is 2.18. The molecule has 0 spiro atoms. The summed E-state index contributed by atoms with van der Waals surface area (Å²) in [6.07, 6.45) is 3.84. The Morgan fingerprint density at radius 3 is 2.57 bits per heavy atom. The van der Waals surface area contributed by atoms with E-state index in [9.17, 15) is 0 Å². The summed E-state index contributed by atoms with van der Waals surface area (Å²) in [5, 5.41) is 0. The van der Waals surface area contributed by atoms with Gasteiger partial charge in [-0.25, -0.2) is 0 Å². The second kappa shape index (κ2) is 7.39. The molecule has 0 atom stereocenters. The van der Waals surface area contributed by atoms with E-state index in [-0.39, 0.29) is 0 Å². The molecule has 2 fully saturated rings. The van der Waals surface area contributed by atoms with E-state index in [2.05, 4.69) is 41.0 Å². The van der Waals surface area contributed by atoms with E-state index in [1.165, 1.54) is 50.0 Å². The number of hydrogen-bond donors (Lipinski definition) is 0. The normalized spacial score (nSPS) is 22.5. The Balaban J connectivity index is 1.41. The minimum absolute atomic E-state index is 0.795. The maximum atomic E-state index is 5.46. The molecule has 3 heteroatoms. The molecule has 0 aromatic heterocycles. The van der Waals surface area contributed by atoms with E-state index in [4.69, 9.17) is 4.74 Å². The molecular weight excluding hydrogens is 260 g/mol. The van der Waals surface area contributed by atoms with E-state index in [1.54, 1.807) is 0 Å². The number of ether oxygens (including phenoxy) is 1. The molecule has 1 aromatic carbocycles. The molecule has 0 amide bonds. The molecule has 0 unspecified atom stereocenters. The van der Waals surface area contributed by atoms with Gasteiger partial charge in [0.15, 0.2) is 0 Å². The fourth-order valence-electron chi connectivity index (χ4n) is 3.61. The molecule has 2 heterocycles. The molecule has 2 aliphatic rings. The van der Waals surface area contributed by atoms with Crippen molar-refractivity contribution in [1.82, 2.24) is 9.80 Å². The summed E-state index contributed by atoms with van der Waals surface area (Å²) in [4.78, 5) is 5.28.